The zero-order valence-electron chi connectivity index (χ0n) is 22.2. The van der Waals surface area contributed by atoms with Gasteiger partial charge in [0.05, 0.1) is 29.3 Å². The maximum Gasteiger partial charge on any atom is 0.258 e. The fraction of sp³-hybridized carbons (Fsp3) is 0.577. The van der Waals surface area contributed by atoms with Crippen molar-refractivity contribution in [3.05, 3.63) is 35.5 Å². The number of hydrogen-bond donors (Lipinski definition) is 4. The number of anilines is 4. The molecule has 4 N–H and O–H groups in total. The van der Waals surface area contributed by atoms with E-state index in [-0.39, 0.29) is 61.3 Å². The van der Waals surface area contributed by atoms with E-state index in [9.17, 15) is 27.1 Å². The molecule has 1 aliphatic carbocycles. The van der Waals surface area contributed by atoms with Crippen LogP contribution in [0.5, 0.6) is 0 Å². The second-order valence-electron chi connectivity index (χ2n) is 11.0. The van der Waals surface area contributed by atoms with Crippen molar-refractivity contribution in [3.63, 3.8) is 0 Å². The molecule has 2 saturated heterocycles. The Kier molecular flexibility index (Phi) is 7.61. The van der Waals surface area contributed by atoms with Crippen molar-refractivity contribution in [1.29, 1.82) is 0 Å². The number of benzene rings is 1. The Labute approximate surface area is 231 Å². The van der Waals surface area contributed by atoms with Crippen molar-refractivity contribution in [1.82, 2.24) is 9.97 Å². The van der Waals surface area contributed by atoms with E-state index in [0.29, 0.717) is 30.0 Å². The third kappa shape index (κ3) is 6.13. The predicted molar refractivity (Wildman–Crippen MR) is 147 cm³/mol. The van der Waals surface area contributed by atoms with Crippen LogP contribution in [-0.4, -0.2) is 85.6 Å². The topological polar surface area (TPSA) is 148 Å². The van der Waals surface area contributed by atoms with Crippen molar-refractivity contribution in [2.45, 2.75) is 38.5 Å². The average molecular weight is 581 g/mol. The molecule has 3 aliphatic rings. The zero-order valence-corrected chi connectivity index (χ0v) is 23.1. The standard InChI is InChI=1S/C26H34F2N6O5S/c1-17-12-22(31-24(29-17)33-8-5-26(27,28)6-9-33)30-23(37)20-3-2-19(32-40(38,39)11-10-35)13-21(20)34-7-4-25(16-36)14-18(25)15-34/h2-3,12-13,18,32,35-36H,4-11,14-16H2,1H3,(H,29,30,31,37). The Morgan fingerprint density at radius 2 is 1.82 bits per heavy atom. The van der Waals surface area contributed by atoms with Crippen LogP contribution in [0, 0.1) is 18.3 Å². The highest BCUT2D eigenvalue weighted by Gasteiger charge is 2.56. The highest BCUT2D eigenvalue weighted by atomic mass is 32.2. The molecule has 14 heteroatoms. The van der Waals surface area contributed by atoms with E-state index in [1.165, 1.54) is 12.1 Å². The molecule has 2 aliphatic heterocycles. The van der Waals surface area contributed by atoms with Crippen molar-refractivity contribution < 1.29 is 32.2 Å². The number of carbonyl (C=O) groups excluding carboxylic acids is 1. The van der Waals surface area contributed by atoms with Gasteiger partial charge >= 0.3 is 0 Å². The number of aliphatic hydroxyl groups is 2. The van der Waals surface area contributed by atoms with Gasteiger partial charge in [0, 0.05) is 62.8 Å². The molecule has 1 aromatic carbocycles. The summed E-state index contributed by atoms with van der Waals surface area (Å²) in [6, 6.07) is 6.21. The first-order valence-corrected chi connectivity index (χ1v) is 15.0. The minimum absolute atomic E-state index is 0.0768. The summed E-state index contributed by atoms with van der Waals surface area (Å²) in [4.78, 5) is 26.0. The van der Waals surface area contributed by atoms with Crippen LogP contribution in [0.2, 0.25) is 0 Å². The Morgan fingerprint density at radius 1 is 1.10 bits per heavy atom. The third-order valence-corrected chi connectivity index (χ3v) is 9.34. The molecule has 2 unspecified atom stereocenters. The second kappa shape index (κ2) is 10.7. The molecule has 5 rings (SSSR count). The molecule has 11 nitrogen and oxygen atoms in total. The Balaban J connectivity index is 1.40. The molecule has 2 aromatic rings. The van der Waals surface area contributed by atoms with E-state index < -0.39 is 34.2 Å². The van der Waals surface area contributed by atoms with E-state index in [1.807, 2.05) is 4.90 Å². The summed E-state index contributed by atoms with van der Waals surface area (Å²) in [5, 5.41) is 21.7. The van der Waals surface area contributed by atoms with Crippen LogP contribution in [0.15, 0.2) is 24.3 Å². The average Bonchev–Trinajstić information content (AvgIpc) is 3.62. The number of rotatable bonds is 9. The third-order valence-electron chi connectivity index (χ3n) is 8.07. The van der Waals surface area contributed by atoms with Crippen LogP contribution in [-0.2, 0) is 10.0 Å². The van der Waals surface area contributed by atoms with E-state index in [2.05, 4.69) is 20.0 Å². The number of alkyl halides is 2. The number of carbonyl (C=O) groups is 1. The maximum atomic E-state index is 13.6. The molecule has 2 atom stereocenters. The number of sulfonamides is 1. The summed E-state index contributed by atoms with van der Waals surface area (Å²) < 4.78 is 54.3. The van der Waals surface area contributed by atoms with Gasteiger partial charge in [0.2, 0.25) is 16.0 Å². The molecule has 3 fully saturated rings. The number of halogens is 2. The van der Waals surface area contributed by atoms with Crippen molar-refractivity contribution >= 4 is 39.1 Å². The van der Waals surface area contributed by atoms with Gasteiger partial charge < -0.3 is 25.3 Å². The van der Waals surface area contributed by atoms with Crippen molar-refractivity contribution in [2.24, 2.45) is 11.3 Å². The van der Waals surface area contributed by atoms with Gasteiger partial charge in [0.25, 0.3) is 11.8 Å². The molecule has 1 saturated carbocycles. The fourth-order valence-electron chi connectivity index (χ4n) is 5.58. The van der Waals surface area contributed by atoms with Crippen LogP contribution in [0.25, 0.3) is 0 Å². The Bertz CT molecular complexity index is 1380. The quantitative estimate of drug-likeness (QED) is 0.350. The second-order valence-corrected chi connectivity index (χ2v) is 12.8. The van der Waals surface area contributed by atoms with Crippen LogP contribution in [0.1, 0.15) is 41.7 Å². The number of amides is 1. The first kappa shape index (κ1) is 28.4. The highest BCUT2D eigenvalue weighted by molar-refractivity contribution is 7.92. The number of aryl methyl sites for hydroxylation is 1. The van der Waals surface area contributed by atoms with Gasteiger partial charge in [-0.05, 0) is 43.9 Å². The van der Waals surface area contributed by atoms with Crippen molar-refractivity contribution in [3.8, 4) is 0 Å². The number of piperidine rings is 2. The molecule has 0 bridgehead atoms. The molecule has 0 spiro atoms. The minimum atomic E-state index is -3.78. The van der Waals surface area contributed by atoms with E-state index >= 15 is 0 Å². The zero-order chi connectivity index (χ0) is 28.7. The Hall–Kier alpha value is -3.10. The number of aliphatic hydroxyl groups excluding tert-OH is 2. The van der Waals surface area contributed by atoms with Crippen LogP contribution < -0.4 is 19.8 Å². The van der Waals surface area contributed by atoms with E-state index in [4.69, 9.17) is 5.11 Å². The lowest BCUT2D eigenvalue weighted by Crippen LogP contribution is -2.40. The van der Waals surface area contributed by atoms with Crippen molar-refractivity contribution in [2.75, 3.05) is 65.0 Å². The van der Waals surface area contributed by atoms with Gasteiger partial charge in [-0.2, -0.15) is 4.98 Å². The number of nitrogens with zero attached hydrogens (tertiary/aromatic N) is 4. The summed E-state index contributed by atoms with van der Waals surface area (Å²) in [6.07, 6.45) is 1.06. The highest BCUT2D eigenvalue weighted by Crippen LogP contribution is 2.58. The van der Waals surface area contributed by atoms with Gasteiger partial charge in [-0.3, -0.25) is 9.52 Å². The van der Waals surface area contributed by atoms with Gasteiger partial charge in [0.15, 0.2) is 0 Å². The number of aromatic nitrogens is 2. The van der Waals surface area contributed by atoms with Gasteiger partial charge in [-0.1, -0.05) is 0 Å². The lowest BCUT2D eigenvalue weighted by atomic mass is 9.95. The van der Waals surface area contributed by atoms with E-state index in [0.717, 1.165) is 12.8 Å². The SMILES string of the molecule is Cc1cc(NC(=O)c2ccc(NS(=O)(=O)CCO)cc2N2CCC3(CO)CC3C2)nc(N2CCC(F)(F)CC2)n1. The number of nitrogens with one attached hydrogen (secondary N) is 2. The molecule has 218 valence electrons. The molecule has 1 amide bonds. The van der Waals surface area contributed by atoms with Crippen LogP contribution in [0.4, 0.5) is 31.9 Å². The number of hydrogen-bond acceptors (Lipinski definition) is 9. The molecule has 3 heterocycles. The van der Waals surface area contributed by atoms with E-state index in [1.54, 1.807) is 24.0 Å². The monoisotopic (exact) mass is 580 g/mol. The lowest BCUT2D eigenvalue weighted by Gasteiger charge is -2.34. The maximum absolute atomic E-state index is 13.6. The van der Waals surface area contributed by atoms with Crippen LogP contribution >= 0.6 is 0 Å². The fourth-order valence-corrected chi connectivity index (χ4v) is 6.41. The largest absolute Gasteiger partial charge is 0.396 e. The Morgan fingerprint density at radius 3 is 2.50 bits per heavy atom. The smallest absolute Gasteiger partial charge is 0.258 e. The van der Waals surface area contributed by atoms with Gasteiger partial charge in [0.1, 0.15) is 5.82 Å². The summed E-state index contributed by atoms with van der Waals surface area (Å²) in [6.45, 7) is 2.73. The molecular weight excluding hydrogens is 546 g/mol. The summed E-state index contributed by atoms with van der Waals surface area (Å²) in [5.41, 5.74) is 1.59. The lowest BCUT2D eigenvalue weighted by molar-refractivity contribution is -0.0222. The first-order chi connectivity index (χ1) is 18.9. The molecule has 1 aromatic heterocycles. The van der Waals surface area contributed by atoms with Crippen LogP contribution in [0.3, 0.4) is 0 Å². The number of fused-ring (bicyclic) bond motifs is 1. The summed E-state index contributed by atoms with van der Waals surface area (Å²) in [5.74, 6) is -2.87. The van der Waals surface area contributed by atoms with Gasteiger partial charge in [-0.25, -0.2) is 22.2 Å². The molecular formula is C26H34F2N6O5S. The summed E-state index contributed by atoms with van der Waals surface area (Å²) >= 11 is 0. The summed E-state index contributed by atoms with van der Waals surface area (Å²) in [7, 11) is -3.78. The molecule has 40 heavy (non-hydrogen) atoms. The normalized spacial score (nSPS) is 23.9. The van der Waals surface area contributed by atoms with Gasteiger partial charge in [-0.15, -0.1) is 0 Å². The first-order valence-electron chi connectivity index (χ1n) is 13.3. The minimum Gasteiger partial charge on any atom is -0.396 e. The molecule has 0 radical (unpaired) electrons. The predicted octanol–water partition coefficient (Wildman–Crippen LogP) is 2.22.